The minimum atomic E-state index is 0.0443. The van der Waals surface area contributed by atoms with E-state index in [1.165, 1.54) is 30.4 Å². The van der Waals surface area contributed by atoms with E-state index in [9.17, 15) is 0 Å². The van der Waals surface area contributed by atoms with Gasteiger partial charge >= 0.3 is 0 Å². The van der Waals surface area contributed by atoms with Gasteiger partial charge in [0, 0.05) is 5.54 Å². The Bertz CT molecular complexity index is 399. The summed E-state index contributed by atoms with van der Waals surface area (Å²) in [7, 11) is 0. The molecule has 100 valence electrons. The van der Waals surface area contributed by atoms with E-state index < -0.39 is 0 Å². The quantitative estimate of drug-likeness (QED) is 0.836. The highest BCUT2D eigenvalue weighted by Gasteiger charge is 2.33. The molecule has 1 saturated carbocycles. The van der Waals surface area contributed by atoms with Crippen LogP contribution >= 0.6 is 0 Å². The molecule has 0 aliphatic heterocycles. The number of hydrogen-bond acceptors (Lipinski definition) is 1. The summed E-state index contributed by atoms with van der Waals surface area (Å²) < 4.78 is 0. The first-order valence-electron chi connectivity index (χ1n) is 7.17. The lowest BCUT2D eigenvalue weighted by atomic mass is 9.84. The molecular formula is C17H27N. The second kappa shape index (κ2) is 4.70. The summed E-state index contributed by atoms with van der Waals surface area (Å²) in [4.78, 5) is 0. The third kappa shape index (κ3) is 3.14. The highest BCUT2D eigenvalue weighted by Crippen LogP contribution is 2.35. The van der Waals surface area contributed by atoms with Crippen LogP contribution in [0.15, 0.2) is 24.3 Å². The Morgan fingerprint density at radius 1 is 1.22 bits per heavy atom. The summed E-state index contributed by atoms with van der Waals surface area (Å²) in [5.41, 5.74) is 9.58. The molecule has 1 fully saturated rings. The summed E-state index contributed by atoms with van der Waals surface area (Å²) in [6, 6.07) is 9.05. The summed E-state index contributed by atoms with van der Waals surface area (Å²) in [6.07, 6.45) is 4.67. The standard InChI is InChI=1S/C17H27N/c1-13-9-10-17(18,11-13)12-14-5-7-15(8-6-14)16(2,3)4/h5-8,13H,9-12,18H2,1-4H3. The molecule has 1 aliphatic carbocycles. The van der Waals surface area contributed by atoms with Gasteiger partial charge in [0.05, 0.1) is 0 Å². The van der Waals surface area contributed by atoms with E-state index >= 15 is 0 Å². The minimum absolute atomic E-state index is 0.0443. The van der Waals surface area contributed by atoms with Crippen LogP contribution in [0.2, 0.25) is 0 Å². The lowest BCUT2D eigenvalue weighted by Gasteiger charge is -2.25. The second-order valence-corrected chi connectivity index (χ2v) is 7.33. The van der Waals surface area contributed by atoms with Crippen molar-refractivity contribution in [2.45, 2.75) is 64.3 Å². The molecule has 0 bridgehead atoms. The van der Waals surface area contributed by atoms with Gasteiger partial charge in [-0.3, -0.25) is 0 Å². The summed E-state index contributed by atoms with van der Waals surface area (Å²) in [5.74, 6) is 0.795. The van der Waals surface area contributed by atoms with Crippen molar-refractivity contribution in [3.8, 4) is 0 Å². The van der Waals surface area contributed by atoms with E-state index in [-0.39, 0.29) is 11.0 Å². The topological polar surface area (TPSA) is 26.0 Å². The minimum Gasteiger partial charge on any atom is -0.325 e. The SMILES string of the molecule is CC1CCC(N)(Cc2ccc(C(C)(C)C)cc2)C1. The summed E-state index contributed by atoms with van der Waals surface area (Å²) >= 11 is 0. The maximum Gasteiger partial charge on any atom is 0.0197 e. The van der Waals surface area contributed by atoms with Gasteiger partial charge in [-0.1, -0.05) is 52.0 Å². The number of rotatable bonds is 2. The van der Waals surface area contributed by atoms with Crippen LogP contribution in [-0.2, 0) is 11.8 Å². The van der Waals surface area contributed by atoms with Gasteiger partial charge in [0.2, 0.25) is 0 Å². The van der Waals surface area contributed by atoms with Crippen LogP contribution in [0.25, 0.3) is 0 Å². The molecule has 2 rings (SSSR count). The van der Waals surface area contributed by atoms with E-state index in [1.54, 1.807) is 0 Å². The molecule has 1 nitrogen and oxygen atoms in total. The smallest absolute Gasteiger partial charge is 0.0197 e. The summed E-state index contributed by atoms with van der Waals surface area (Å²) in [6.45, 7) is 9.08. The van der Waals surface area contributed by atoms with Gasteiger partial charge in [0.25, 0.3) is 0 Å². The monoisotopic (exact) mass is 245 g/mol. The first kappa shape index (κ1) is 13.6. The fourth-order valence-corrected chi connectivity index (χ4v) is 3.12. The fraction of sp³-hybridized carbons (Fsp3) is 0.647. The molecule has 2 atom stereocenters. The molecular weight excluding hydrogens is 218 g/mol. The molecule has 2 unspecified atom stereocenters. The molecule has 0 aromatic heterocycles. The van der Waals surface area contributed by atoms with Crippen LogP contribution in [0.4, 0.5) is 0 Å². The highest BCUT2D eigenvalue weighted by atomic mass is 14.8. The van der Waals surface area contributed by atoms with Crippen LogP contribution in [-0.4, -0.2) is 5.54 Å². The van der Waals surface area contributed by atoms with Crippen molar-refractivity contribution < 1.29 is 0 Å². The third-order valence-electron chi connectivity index (χ3n) is 4.27. The van der Waals surface area contributed by atoms with Gasteiger partial charge in [0.15, 0.2) is 0 Å². The van der Waals surface area contributed by atoms with Crippen LogP contribution in [0.3, 0.4) is 0 Å². The van der Waals surface area contributed by atoms with Crippen molar-refractivity contribution in [2.24, 2.45) is 11.7 Å². The molecule has 0 spiro atoms. The lowest BCUT2D eigenvalue weighted by molar-refractivity contribution is 0.419. The zero-order valence-electron chi connectivity index (χ0n) is 12.3. The molecule has 18 heavy (non-hydrogen) atoms. The van der Waals surface area contributed by atoms with E-state index in [1.807, 2.05) is 0 Å². The van der Waals surface area contributed by atoms with Gasteiger partial charge < -0.3 is 5.73 Å². The van der Waals surface area contributed by atoms with Crippen molar-refractivity contribution in [3.05, 3.63) is 35.4 Å². The maximum atomic E-state index is 6.51. The molecule has 0 saturated heterocycles. The number of nitrogens with two attached hydrogens (primary N) is 1. The van der Waals surface area contributed by atoms with Crippen molar-refractivity contribution in [3.63, 3.8) is 0 Å². The zero-order chi connectivity index (χ0) is 13.4. The average Bonchev–Trinajstić information content (AvgIpc) is 2.58. The summed E-state index contributed by atoms with van der Waals surface area (Å²) in [5, 5.41) is 0. The second-order valence-electron chi connectivity index (χ2n) is 7.33. The van der Waals surface area contributed by atoms with Gasteiger partial charge in [-0.15, -0.1) is 0 Å². The molecule has 0 heterocycles. The predicted octanol–water partition coefficient (Wildman–Crippen LogP) is 4.04. The Kier molecular flexibility index (Phi) is 3.55. The van der Waals surface area contributed by atoms with Crippen molar-refractivity contribution in [1.82, 2.24) is 0 Å². The van der Waals surface area contributed by atoms with Crippen molar-refractivity contribution in [1.29, 1.82) is 0 Å². The van der Waals surface area contributed by atoms with Gasteiger partial charge in [0.1, 0.15) is 0 Å². The molecule has 1 heteroatoms. The highest BCUT2D eigenvalue weighted by molar-refractivity contribution is 5.28. The molecule has 0 radical (unpaired) electrons. The fourth-order valence-electron chi connectivity index (χ4n) is 3.12. The Morgan fingerprint density at radius 2 is 1.83 bits per heavy atom. The van der Waals surface area contributed by atoms with Crippen LogP contribution in [0, 0.1) is 5.92 Å². The molecule has 0 amide bonds. The van der Waals surface area contributed by atoms with E-state index in [0.29, 0.717) is 0 Å². The zero-order valence-corrected chi connectivity index (χ0v) is 12.3. The molecule has 2 N–H and O–H groups in total. The third-order valence-corrected chi connectivity index (χ3v) is 4.27. The first-order chi connectivity index (χ1) is 8.28. The first-order valence-corrected chi connectivity index (χ1v) is 7.17. The molecule has 1 aliphatic rings. The Morgan fingerprint density at radius 3 is 2.28 bits per heavy atom. The Balaban J connectivity index is 2.07. The normalized spacial score (nSPS) is 28.6. The van der Waals surface area contributed by atoms with E-state index in [2.05, 4.69) is 52.0 Å². The molecule has 1 aromatic carbocycles. The van der Waals surface area contributed by atoms with Crippen LogP contribution in [0.1, 0.15) is 58.1 Å². The van der Waals surface area contributed by atoms with Crippen LogP contribution < -0.4 is 5.73 Å². The Labute approximate surface area is 112 Å². The van der Waals surface area contributed by atoms with E-state index in [4.69, 9.17) is 5.73 Å². The van der Waals surface area contributed by atoms with Crippen LogP contribution in [0.5, 0.6) is 0 Å². The van der Waals surface area contributed by atoms with Crippen molar-refractivity contribution >= 4 is 0 Å². The number of benzene rings is 1. The Hall–Kier alpha value is -0.820. The predicted molar refractivity (Wildman–Crippen MR) is 78.8 cm³/mol. The van der Waals surface area contributed by atoms with Gasteiger partial charge in [-0.05, 0) is 48.1 Å². The number of hydrogen-bond donors (Lipinski definition) is 1. The largest absolute Gasteiger partial charge is 0.325 e. The van der Waals surface area contributed by atoms with E-state index in [0.717, 1.165) is 12.3 Å². The molecule has 1 aromatic rings. The average molecular weight is 245 g/mol. The van der Waals surface area contributed by atoms with Crippen molar-refractivity contribution in [2.75, 3.05) is 0 Å². The van der Waals surface area contributed by atoms with Gasteiger partial charge in [-0.25, -0.2) is 0 Å². The lowest BCUT2D eigenvalue weighted by Crippen LogP contribution is -2.39. The maximum absolute atomic E-state index is 6.51. The van der Waals surface area contributed by atoms with Gasteiger partial charge in [-0.2, -0.15) is 0 Å².